The Balaban J connectivity index is 4.50. The van der Waals surface area contributed by atoms with Gasteiger partial charge < -0.3 is 0 Å². The quantitative estimate of drug-likeness (QED) is 0.637. The summed E-state index contributed by atoms with van der Waals surface area (Å²) in [4.78, 5) is 0. The van der Waals surface area contributed by atoms with Crippen molar-refractivity contribution >= 4 is 11.8 Å². The van der Waals surface area contributed by atoms with Gasteiger partial charge in [0.25, 0.3) is 0 Å². The fourth-order valence-corrected chi connectivity index (χ4v) is 2.57. The van der Waals surface area contributed by atoms with Gasteiger partial charge in [0.15, 0.2) is 0 Å². The van der Waals surface area contributed by atoms with Gasteiger partial charge in [-0.3, -0.25) is 0 Å². The van der Waals surface area contributed by atoms with Gasteiger partial charge in [-0.2, -0.15) is 11.8 Å². The number of thioether (sulfide) groups is 1. The molecule has 0 rings (SSSR count). The molecule has 0 N–H and O–H groups in total. The number of hydrogen-bond donors (Lipinski definition) is 0. The molecule has 0 aliphatic rings. The van der Waals surface area contributed by atoms with Crippen LogP contribution in [0.5, 0.6) is 0 Å². The first-order chi connectivity index (χ1) is 5.25. The van der Waals surface area contributed by atoms with Crippen molar-refractivity contribution in [2.75, 3.05) is 5.75 Å². The van der Waals surface area contributed by atoms with Crippen LogP contribution >= 0.6 is 11.8 Å². The van der Waals surface area contributed by atoms with Crippen molar-refractivity contribution < 1.29 is 0 Å². The van der Waals surface area contributed by atoms with Crippen LogP contribution in [0, 0.1) is 11.3 Å². The van der Waals surface area contributed by atoms with E-state index in [2.05, 4.69) is 60.2 Å². The maximum Gasteiger partial charge on any atom is 0.0157 e. The molecule has 0 saturated heterocycles. The molecule has 1 heteroatoms. The molecule has 0 spiro atoms. The van der Waals surface area contributed by atoms with Crippen LogP contribution in [0.2, 0.25) is 0 Å². The molecule has 12 heavy (non-hydrogen) atoms. The minimum atomic E-state index is 0.385. The highest BCUT2D eigenvalue weighted by Gasteiger charge is 2.39. The number of hydrogen-bond acceptors (Lipinski definition) is 1. The average molecular weight is 188 g/mol. The first kappa shape index (κ1) is 12.3. The van der Waals surface area contributed by atoms with Crippen LogP contribution in [0.25, 0.3) is 0 Å². The third-order valence-corrected chi connectivity index (χ3v) is 5.04. The van der Waals surface area contributed by atoms with Gasteiger partial charge >= 0.3 is 0 Å². The number of rotatable bonds is 4. The fraction of sp³-hybridized carbons (Fsp3) is 1.00. The Morgan fingerprint density at radius 3 is 1.75 bits per heavy atom. The predicted octanol–water partition coefficient (Wildman–Crippen LogP) is 4.20. The van der Waals surface area contributed by atoms with Crippen molar-refractivity contribution in [2.45, 2.75) is 53.2 Å². The topological polar surface area (TPSA) is 0 Å². The summed E-state index contributed by atoms with van der Waals surface area (Å²) in [5, 5.41) is 0. The van der Waals surface area contributed by atoms with Gasteiger partial charge in [-0.25, -0.2) is 0 Å². The average Bonchev–Trinajstić information content (AvgIpc) is 1.86. The molecule has 0 unspecified atom stereocenters. The highest BCUT2D eigenvalue weighted by molar-refractivity contribution is 8.00. The van der Waals surface area contributed by atoms with E-state index in [-0.39, 0.29) is 0 Å². The van der Waals surface area contributed by atoms with Gasteiger partial charge in [-0.15, -0.1) is 0 Å². The zero-order valence-electron chi connectivity index (χ0n) is 9.69. The van der Waals surface area contributed by atoms with Gasteiger partial charge in [0.05, 0.1) is 0 Å². The van der Waals surface area contributed by atoms with E-state index >= 15 is 0 Å². The van der Waals surface area contributed by atoms with Gasteiger partial charge in [0, 0.05) is 4.75 Å². The lowest BCUT2D eigenvalue weighted by Gasteiger charge is -2.44. The monoisotopic (exact) mass is 188 g/mol. The molecule has 0 fully saturated rings. The second-order valence-electron chi connectivity index (χ2n) is 4.82. The molecule has 0 bridgehead atoms. The predicted molar refractivity (Wildman–Crippen MR) is 60.8 cm³/mol. The lowest BCUT2D eigenvalue weighted by atomic mass is 9.72. The summed E-state index contributed by atoms with van der Waals surface area (Å²) < 4.78 is 0.385. The maximum atomic E-state index is 2.38. The van der Waals surface area contributed by atoms with E-state index < -0.39 is 0 Å². The Morgan fingerprint density at radius 1 is 1.08 bits per heavy atom. The van der Waals surface area contributed by atoms with Crippen LogP contribution in [0.3, 0.4) is 0 Å². The van der Waals surface area contributed by atoms with Gasteiger partial charge in [0.2, 0.25) is 0 Å². The summed E-state index contributed by atoms with van der Waals surface area (Å²) >= 11 is 2.07. The van der Waals surface area contributed by atoms with Crippen LogP contribution in [0.1, 0.15) is 48.5 Å². The smallest absolute Gasteiger partial charge is 0.0157 e. The van der Waals surface area contributed by atoms with Crippen LogP contribution in [0.4, 0.5) is 0 Å². The molecular formula is C11H24S. The summed E-state index contributed by atoms with van der Waals surface area (Å²) in [5.41, 5.74) is 0.410. The Kier molecular flexibility index (Phi) is 4.16. The van der Waals surface area contributed by atoms with Gasteiger partial charge in [-0.05, 0) is 17.1 Å². The van der Waals surface area contributed by atoms with Gasteiger partial charge in [-0.1, -0.05) is 48.5 Å². The third-order valence-electron chi connectivity index (χ3n) is 3.50. The van der Waals surface area contributed by atoms with Crippen LogP contribution in [-0.2, 0) is 0 Å². The summed E-state index contributed by atoms with van der Waals surface area (Å²) in [5.74, 6) is 1.95. The second kappa shape index (κ2) is 4.04. The van der Waals surface area contributed by atoms with E-state index in [0.717, 1.165) is 5.92 Å². The van der Waals surface area contributed by atoms with Crippen molar-refractivity contribution in [3.05, 3.63) is 0 Å². The van der Waals surface area contributed by atoms with Crippen LogP contribution in [-0.4, -0.2) is 10.5 Å². The SMILES string of the molecule is CCSC(C)(C)C(C)(C)C(C)C. The van der Waals surface area contributed by atoms with Crippen LogP contribution in [0.15, 0.2) is 0 Å². The normalized spacial score (nSPS) is 14.0. The van der Waals surface area contributed by atoms with Crippen LogP contribution < -0.4 is 0 Å². The van der Waals surface area contributed by atoms with Crippen molar-refractivity contribution in [1.82, 2.24) is 0 Å². The summed E-state index contributed by atoms with van der Waals surface area (Å²) in [6, 6.07) is 0. The van der Waals surface area contributed by atoms with Gasteiger partial charge in [0.1, 0.15) is 0 Å². The van der Waals surface area contributed by atoms with E-state index in [4.69, 9.17) is 0 Å². The maximum absolute atomic E-state index is 2.38. The minimum absolute atomic E-state index is 0.385. The Labute approximate surface area is 82.5 Å². The molecule has 0 radical (unpaired) electrons. The summed E-state index contributed by atoms with van der Waals surface area (Å²) in [7, 11) is 0. The summed E-state index contributed by atoms with van der Waals surface area (Å²) in [6.45, 7) is 16.3. The Morgan fingerprint density at radius 2 is 1.50 bits per heavy atom. The molecule has 0 atom stereocenters. The molecular weight excluding hydrogens is 164 g/mol. The lowest BCUT2D eigenvalue weighted by molar-refractivity contribution is 0.191. The molecule has 0 aromatic rings. The molecule has 0 heterocycles. The first-order valence-corrected chi connectivity index (χ1v) is 5.88. The zero-order chi connectivity index (χ0) is 9.99. The Bertz CT molecular complexity index is 134. The third kappa shape index (κ3) is 2.42. The molecule has 0 aliphatic heterocycles. The van der Waals surface area contributed by atoms with Crippen molar-refractivity contribution in [2.24, 2.45) is 11.3 Å². The van der Waals surface area contributed by atoms with Crippen molar-refractivity contribution in [3.63, 3.8) is 0 Å². The standard InChI is InChI=1S/C11H24S/c1-8-12-11(6,7)10(4,5)9(2)3/h9H,8H2,1-7H3. The van der Waals surface area contributed by atoms with Crippen molar-refractivity contribution in [1.29, 1.82) is 0 Å². The van der Waals surface area contributed by atoms with E-state index in [1.165, 1.54) is 5.75 Å². The Hall–Kier alpha value is 0.350. The highest BCUT2D eigenvalue weighted by Crippen LogP contribution is 2.46. The molecule has 0 saturated carbocycles. The summed E-state index contributed by atoms with van der Waals surface area (Å²) in [6.07, 6.45) is 0. The molecule has 0 aromatic carbocycles. The zero-order valence-corrected chi connectivity index (χ0v) is 10.5. The van der Waals surface area contributed by atoms with E-state index in [1.807, 2.05) is 0 Å². The first-order valence-electron chi connectivity index (χ1n) is 4.89. The minimum Gasteiger partial charge on any atom is -0.155 e. The molecule has 0 aliphatic carbocycles. The fourth-order valence-electron chi connectivity index (χ4n) is 1.24. The van der Waals surface area contributed by atoms with E-state index in [1.54, 1.807) is 0 Å². The molecule has 0 amide bonds. The largest absolute Gasteiger partial charge is 0.155 e. The molecule has 74 valence electrons. The molecule has 0 nitrogen and oxygen atoms in total. The van der Waals surface area contributed by atoms with E-state index in [0.29, 0.717) is 10.2 Å². The van der Waals surface area contributed by atoms with Crippen molar-refractivity contribution in [3.8, 4) is 0 Å². The lowest BCUT2D eigenvalue weighted by Crippen LogP contribution is -2.40. The second-order valence-corrected chi connectivity index (χ2v) is 6.71. The molecule has 0 aromatic heterocycles. The highest BCUT2D eigenvalue weighted by atomic mass is 32.2. The van der Waals surface area contributed by atoms with E-state index in [9.17, 15) is 0 Å².